The van der Waals surface area contributed by atoms with E-state index in [1.807, 2.05) is 53.9 Å². The molecule has 3 heteroatoms. The van der Waals surface area contributed by atoms with Crippen LogP contribution in [0.5, 0.6) is 0 Å². The Labute approximate surface area is 146 Å². The van der Waals surface area contributed by atoms with E-state index in [4.69, 9.17) is 0 Å². The minimum atomic E-state index is -0.250. The third-order valence-electron chi connectivity index (χ3n) is 3.69. The Morgan fingerprint density at radius 1 is 0.917 bits per heavy atom. The summed E-state index contributed by atoms with van der Waals surface area (Å²) in [6, 6.07) is 24.2. The van der Waals surface area contributed by atoms with Crippen molar-refractivity contribution in [3.63, 3.8) is 0 Å². The zero-order valence-corrected chi connectivity index (χ0v) is 13.9. The lowest BCUT2D eigenvalue weighted by Crippen LogP contribution is -2.27. The Morgan fingerprint density at radius 2 is 1.54 bits per heavy atom. The fourth-order valence-electron chi connectivity index (χ4n) is 2.51. The number of nitrogens with one attached hydrogen (secondary N) is 1. The third kappa shape index (κ3) is 4.34. The summed E-state index contributed by atoms with van der Waals surface area (Å²) in [6.07, 6.45) is 0. The summed E-state index contributed by atoms with van der Waals surface area (Å²) in [5.74, 6) is 5.40. The maximum Gasteiger partial charge on any atom is 0.296 e. The van der Waals surface area contributed by atoms with Crippen LogP contribution in [0.3, 0.4) is 0 Å². The molecule has 2 nitrogen and oxygen atoms in total. The van der Waals surface area contributed by atoms with Crippen LogP contribution in [0.1, 0.15) is 21.9 Å². The molecule has 0 unspecified atom stereocenters. The van der Waals surface area contributed by atoms with Gasteiger partial charge < -0.3 is 5.32 Å². The molecule has 0 saturated carbocycles. The maximum atomic E-state index is 12.0. The minimum absolute atomic E-state index is 0.111. The van der Waals surface area contributed by atoms with Crippen molar-refractivity contribution in [2.24, 2.45) is 0 Å². The maximum absolute atomic E-state index is 12.0. The Balaban J connectivity index is 1.72. The molecule has 118 valence electrons. The average molecular weight is 331 g/mol. The molecule has 0 atom stereocenters. The molecule has 0 aliphatic rings. The molecule has 1 N–H and O–H groups in total. The van der Waals surface area contributed by atoms with Crippen molar-refractivity contribution in [2.45, 2.75) is 5.92 Å². The highest BCUT2D eigenvalue weighted by Crippen LogP contribution is 2.23. The lowest BCUT2D eigenvalue weighted by Gasteiger charge is -2.18. The molecule has 2 aromatic carbocycles. The molecule has 0 bridgehead atoms. The van der Waals surface area contributed by atoms with Gasteiger partial charge >= 0.3 is 0 Å². The first-order chi connectivity index (χ1) is 11.8. The van der Waals surface area contributed by atoms with E-state index in [1.54, 1.807) is 0 Å². The van der Waals surface area contributed by atoms with Gasteiger partial charge in [0.2, 0.25) is 0 Å². The zero-order chi connectivity index (χ0) is 16.6. The number of carbonyl (C=O) groups excluding carboxylic acids is 1. The van der Waals surface area contributed by atoms with Gasteiger partial charge in [-0.2, -0.15) is 0 Å². The van der Waals surface area contributed by atoms with E-state index in [-0.39, 0.29) is 11.8 Å². The van der Waals surface area contributed by atoms with E-state index in [9.17, 15) is 4.79 Å². The summed E-state index contributed by atoms with van der Waals surface area (Å²) in [5.41, 5.74) is 2.35. The van der Waals surface area contributed by atoms with E-state index in [0.717, 1.165) is 4.88 Å². The second-order valence-electron chi connectivity index (χ2n) is 5.31. The van der Waals surface area contributed by atoms with Gasteiger partial charge in [-0.3, -0.25) is 4.79 Å². The summed E-state index contributed by atoms with van der Waals surface area (Å²) in [5, 5.41) is 4.88. The van der Waals surface area contributed by atoms with Crippen LogP contribution < -0.4 is 5.32 Å². The highest BCUT2D eigenvalue weighted by Gasteiger charge is 2.14. The van der Waals surface area contributed by atoms with Crippen LogP contribution in [0.2, 0.25) is 0 Å². The van der Waals surface area contributed by atoms with Gasteiger partial charge in [0, 0.05) is 18.4 Å². The largest absolute Gasteiger partial charge is 0.344 e. The molecule has 0 fully saturated rings. The van der Waals surface area contributed by atoms with Crippen molar-refractivity contribution in [1.82, 2.24) is 5.32 Å². The molecule has 0 saturated heterocycles. The van der Waals surface area contributed by atoms with Gasteiger partial charge in [-0.25, -0.2) is 0 Å². The van der Waals surface area contributed by atoms with E-state index in [1.165, 1.54) is 22.5 Å². The van der Waals surface area contributed by atoms with Gasteiger partial charge in [0.05, 0.1) is 4.88 Å². The predicted octanol–water partition coefficient (Wildman–Crippen LogP) is 4.05. The van der Waals surface area contributed by atoms with Crippen LogP contribution >= 0.6 is 11.3 Å². The molecular weight excluding hydrogens is 314 g/mol. The van der Waals surface area contributed by atoms with Crippen LogP contribution in [0.15, 0.2) is 78.2 Å². The van der Waals surface area contributed by atoms with Gasteiger partial charge in [-0.15, -0.1) is 11.3 Å². The number of hydrogen-bond donors (Lipinski definition) is 1. The number of carbonyl (C=O) groups is 1. The summed E-state index contributed by atoms with van der Waals surface area (Å²) in [6.45, 7) is 0.520. The predicted molar refractivity (Wildman–Crippen MR) is 98.9 cm³/mol. The monoisotopic (exact) mass is 331 g/mol. The molecule has 24 heavy (non-hydrogen) atoms. The van der Waals surface area contributed by atoms with Crippen molar-refractivity contribution in [3.05, 3.63) is 94.2 Å². The molecule has 3 aromatic rings. The van der Waals surface area contributed by atoms with Gasteiger partial charge in [0.25, 0.3) is 5.91 Å². The molecule has 0 aliphatic carbocycles. The molecule has 0 radical (unpaired) electrons. The molecule has 1 heterocycles. The summed E-state index contributed by atoms with van der Waals surface area (Å²) in [4.78, 5) is 12.9. The second kappa shape index (κ2) is 8.14. The van der Waals surface area contributed by atoms with Crippen molar-refractivity contribution >= 4 is 17.2 Å². The molecule has 0 spiro atoms. The van der Waals surface area contributed by atoms with Gasteiger partial charge in [0.1, 0.15) is 0 Å². The van der Waals surface area contributed by atoms with Crippen molar-refractivity contribution in [1.29, 1.82) is 0 Å². The second-order valence-corrected chi connectivity index (χ2v) is 6.26. The first-order valence-electron chi connectivity index (χ1n) is 7.76. The first-order valence-corrected chi connectivity index (χ1v) is 8.64. The fraction of sp³-hybridized carbons (Fsp3) is 0.0952. The van der Waals surface area contributed by atoms with E-state index in [2.05, 4.69) is 41.4 Å². The Hall–Kier alpha value is -2.83. The fourth-order valence-corrected chi connectivity index (χ4v) is 3.08. The number of amides is 1. The SMILES string of the molecule is O=C(C#Cc1cccs1)NCC(c1ccccc1)c1ccccc1. The Morgan fingerprint density at radius 3 is 2.08 bits per heavy atom. The third-order valence-corrected chi connectivity index (χ3v) is 4.48. The molecule has 3 rings (SSSR count). The van der Waals surface area contributed by atoms with Crippen LogP contribution in [0, 0.1) is 11.8 Å². The van der Waals surface area contributed by atoms with Crippen LogP contribution in [0.4, 0.5) is 0 Å². The van der Waals surface area contributed by atoms with Crippen LogP contribution in [0.25, 0.3) is 0 Å². The number of benzene rings is 2. The average Bonchev–Trinajstić information content (AvgIpc) is 3.16. The van der Waals surface area contributed by atoms with Gasteiger partial charge in [0.15, 0.2) is 0 Å². The topological polar surface area (TPSA) is 29.1 Å². The standard InChI is InChI=1S/C21H17NOS/c23-21(14-13-19-12-7-15-24-19)22-16-20(17-8-3-1-4-9-17)18-10-5-2-6-11-18/h1-12,15,20H,16H2,(H,22,23). The quantitative estimate of drug-likeness (QED) is 0.718. The van der Waals surface area contributed by atoms with Gasteiger partial charge in [-0.05, 0) is 28.5 Å². The number of thiophene rings is 1. The zero-order valence-electron chi connectivity index (χ0n) is 13.1. The van der Waals surface area contributed by atoms with Crippen molar-refractivity contribution in [3.8, 4) is 11.8 Å². The Bertz CT molecular complexity index is 790. The molecule has 0 aliphatic heterocycles. The summed E-state index contributed by atoms with van der Waals surface area (Å²) in [7, 11) is 0. The number of rotatable bonds is 4. The highest BCUT2D eigenvalue weighted by molar-refractivity contribution is 7.10. The smallest absolute Gasteiger partial charge is 0.296 e. The summed E-state index contributed by atoms with van der Waals surface area (Å²) >= 11 is 1.53. The van der Waals surface area contributed by atoms with Gasteiger partial charge in [-0.1, -0.05) is 66.7 Å². The molecular formula is C21H17NOS. The number of hydrogen-bond acceptors (Lipinski definition) is 2. The summed E-state index contributed by atoms with van der Waals surface area (Å²) < 4.78 is 0. The highest BCUT2D eigenvalue weighted by atomic mass is 32.1. The lowest BCUT2D eigenvalue weighted by atomic mass is 9.91. The van der Waals surface area contributed by atoms with E-state index < -0.39 is 0 Å². The minimum Gasteiger partial charge on any atom is -0.344 e. The van der Waals surface area contributed by atoms with Crippen LogP contribution in [-0.2, 0) is 4.79 Å². The van der Waals surface area contributed by atoms with Crippen LogP contribution in [-0.4, -0.2) is 12.5 Å². The first kappa shape index (κ1) is 16.0. The van der Waals surface area contributed by atoms with Crippen molar-refractivity contribution in [2.75, 3.05) is 6.54 Å². The normalized spacial score (nSPS) is 10.0. The molecule has 1 amide bonds. The van der Waals surface area contributed by atoms with E-state index in [0.29, 0.717) is 6.54 Å². The molecule has 1 aromatic heterocycles. The van der Waals surface area contributed by atoms with Crippen molar-refractivity contribution < 1.29 is 4.79 Å². The van der Waals surface area contributed by atoms with E-state index >= 15 is 0 Å². The lowest BCUT2D eigenvalue weighted by molar-refractivity contribution is -0.115. The Kier molecular flexibility index (Phi) is 5.44.